The van der Waals surface area contributed by atoms with Gasteiger partial charge in [-0.25, -0.2) is 9.97 Å². The molecule has 0 radical (unpaired) electrons. The van der Waals surface area contributed by atoms with E-state index < -0.39 is 0 Å². The quantitative estimate of drug-likeness (QED) is 0.475. The summed E-state index contributed by atoms with van der Waals surface area (Å²) in [5.41, 5.74) is 2.53. The minimum absolute atomic E-state index is 0.121. The Morgan fingerprint density at radius 1 is 1.19 bits per heavy atom. The number of hydrogen-bond donors (Lipinski definition) is 1. The molecule has 1 aromatic heterocycles. The van der Waals surface area contributed by atoms with E-state index in [1.807, 2.05) is 0 Å². The van der Waals surface area contributed by atoms with Gasteiger partial charge in [0, 0.05) is 24.2 Å². The fourth-order valence-electron chi connectivity index (χ4n) is 2.73. The van der Waals surface area contributed by atoms with Crippen molar-refractivity contribution in [1.29, 1.82) is 0 Å². The highest BCUT2D eigenvalue weighted by atomic mass is 16.5. The summed E-state index contributed by atoms with van der Waals surface area (Å²) in [7, 11) is 1.44. The molecule has 5 heteroatoms. The van der Waals surface area contributed by atoms with Crippen LogP contribution in [0.2, 0.25) is 0 Å². The van der Waals surface area contributed by atoms with Crippen molar-refractivity contribution in [2.45, 2.75) is 57.8 Å². The third-order valence-corrected chi connectivity index (χ3v) is 3.95. The standard InChI is InChI=1S/C16H25N3O2/c1-21-15(20)10-6-3-7-11-17-16-13-8-4-2-5-9-14(13)18-12-19-16/h12H,2-11H2,1H3,(H,17,18,19). The molecule has 0 aliphatic heterocycles. The zero-order chi connectivity index (χ0) is 14.9. The lowest BCUT2D eigenvalue weighted by atomic mass is 10.1. The van der Waals surface area contributed by atoms with Crippen LogP contribution in [0.1, 0.15) is 56.2 Å². The maximum Gasteiger partial charge on any atom is 0.305 e. The number of carbonyl (C=O) groups is 1. The van der Waals surface area contributed by atoms with Gasteiger partial charge in [0.05, 0.1) is 7.11 Å². The van der Waals surface area contributed by atoms with E-state index in [0.717, 1.165) is 44.5 Å². The maximum absolute atomic E-state index is 11.0. The highest BCUT2D eigenvalue weighted by molar-refractivity contribution is 5.68. The molecule has 0 saturated heterocycles. The van der Waals surface area contributed by atoms with Crippen molar-refractivity contribution < 1.29 is 9.53 Å². The number of nitrogens with zero attached hydrogens (tertiary/aromatic N) is 2. The number of hydrogen-bond acceptors (Lipinski definition) is 5. The Kier molecular flexibility index (Phi) is 6.44. The summed E-state index contributed by atoms with van der Waals surface area (Å²) in [6.45, 7) is 0.893. The number of rotatable bonds is 7. The number of aromatic nitrogens is 2. The molecular formula is C16H25N3O2. The van der Waals surface area contributed by atoms with Gasteiger partial charge in [0.1, 0.15) is 12.1 Å². The average molecular weight is 291 g/mol. The molecule has 1 heterocycles. The molecule has 0 atom stereocenters. The number of methoxy groups -OCH3 is 1. The Hall–Kier alpha value is -1.65. The molecule has 0 aromatic carbocycles. The van der Waals surface area contributed by atoms with Crippen molar-refractivity contribution in [2.24, 2.45) is 0 Å². The molecule has 0 spiro atoms. The summed E-state index contributed by atoms with van der Waals surface area (Å²) in [6, 6.07) is 0. The minimum atomic E-state index is -0.121. The number of nitrogens with one attached hydrogen (secondary N) is 1. The molecule has 1 aliphatic carbocycles. The van der Waals surface area contributed by atoms with Crippen LogP contribution in [-0.4, -0.2) is 29.6 Å². The third-order valence-electron chi connectivity index (χ3n) is 3.95. The van der Waals surface area contributed by atoms with Crippen LogP contribution in [0.25, 0.3) is 0 Å². The first kappa shape index (κ1) is 15.7. The van der Waals surface area contributed by atoms with Crippen LogP contribution in [0, 0.1) is 0 Å². The Morgan fingerprint density at radius 2 is 2.05 bits per heavy atom. The van der Waals surface area contributed by atoms with Crippen molar-refractivity contribution in [2.75, 3.05) is 19.0 Å². The van der Waals surface area contributed by atoms with Gasteiger partial charge in [-0.05, 0) is 38.5 Å². The van der Waals surface area contributed by atoms with Crippen molar-refractivity contribution in [1.82, 2.24) is 9.97 Å². The summed E-state index contributed by atoms with van der Waals surface area (Å²) in [5, 5.41) is 3.44. The van der Waals surface area contributed by atoms with E-state index in [9.17, 15) is 4.79 Å². The van der Waals surface area contributed by atoms with Crippen molar-refractivity contribution >= 4 is 11.8 Å². The van der Waals surface area contributed by atoms with Crippen LogP contribution >= 0.6 is 0 Å². The second-order valence-corrected chi connectivity index (χ2v) is 5.52. The largest absolute Gasteiger partial charge is 0.469 e. The molecule has 1 N–H and O–H groups in total. The lowest BCUT2D eigenvalue weighted by Crippen LogP contribution is -2.09. The van der Waals surface area contributed by atoms with Crippen molar-refractivity contribution in [3.8, 4) is 0 Å². The zero-order valence-electron chi connectivity index (χ0n) is 12.9. The van der Waals surface area contributed by atoms with Crippen LogP contribution in [0.4, 0.5) is 5.82 Å². The third kappa shape index (κ3) is 4.99. The van der Waals surface area contributed by atoms with E-state index in [1.165, 1.54) is 37.6 Å². The van der Waals surface area contributed by atoms with E-state index in [2.05, 4.69) is 20.0 Å². The topological polar surface area (TPSA) is 64.1 Å². The molecule has 1 aromatic rings. The maximum atomic E-state index is 11.0. The Labute approximate surface area is 126 Å². The van der Waals surface area contributed by atoms with Crippen LogP contribution < -0.4 is 5.32 Å². The van der Waals surface area contributed by atoms with E-state index in [0.29, 0.717) is 6.42 Å². The summed E-state index contributed by atoms with van der Waals surface area (Å²) < 4.78 is 4.63. The molecule has 0 fully saturated rings. The highest BCUT2D eigenvalue weighted by Gasteiger charge is 2.13. The van der Waals surface area contributed by atoms with Gasteiger partial charge in [-0.3, -0.25) is 4.79 Å². The van der Waals surface area contributed by atoms with Gasteiger partial charge in [0.25, 0.3) is 0 Å². The molecule has 0 bridgehead atoms. The number of esters is 1. The minimum Gasteiger partial charge on any atom is -0.469 e. The first-order valence-electron chi connectivity index (χ1n) is 7.94. The van der Waals surface area contributed by atoms with Crippen LogP contribution in [-0.2, 0) is 22.4 Å². The molecule has 21 heavy (non-hydrogen) atoms. The summed E-state index contributed by atoms with van der Waals surface area (Å²) in [5.74, 6) is 0.888. The summed E-state index contributed by atoms with van der Waals surface area (Å²) >= 11 is 0. The normalized spacial score (nSPS) is 14.1. The number of aryl methyl sites for hydroxylation is 1. The van der Waals surface area contributed by atoms with Gasteiger partial charge in [0.15, 0.2) is 0 Å². The van der Waals surface area contributed by atoms with Gasteiger partial charge in [-0.15, -0.1) is 0 Å². The molecule has 0 unspecified atom stereocenters. The fourth-order valence-corrected chi connectivity index (χ4v) is 2.73. The van der Waals surface area contributed by atoms with Crippen molar-refractivity contribution in [3.05, 3.63) is 17.6 Å². The molecule has 1 aliphatic rings. The second-order valence-electron chi connectivity index (χ2n) is 5.52. The van der Waals surface area contributed by atoms with Gasteiger partial charge in [0.2, 0.25) is 0 Å². The number of ether oxygens (including phenoxy) is 1. The Bertz CT molecular complexity index is 463. The van der Waals surface area contributed by atoms with E-state index in [4.69, 9.17) is 0 Å². The van der Waals surface area contributed by atoms with Gasteiger partial charge in [-0.1, -0.05) is 12.8 Å². The monoisotopic (exact) mass is 291 g/mol. The fraction of sp³-hybridized carbons (Fsp3) is 0.688. The smallest absolute Gasteiger partial charge is 0.305 e. The zero-order valence-corrected chi connectivity index (χ0v) is 12.9. The van der Waals surface area contributed by atoms with Crippen LogP contribution in [0.5, 0.6) is 0 Å². The van der Waals surface area contributed by atoms with E-state index in [1.54, 1.807) is 6.33 Å². The van der Waals surface area contributed by atoms with Crippen LogP contribution in [0.3, 0.4) is 0 Å². The van der Waals surface area contributed by atoms with Crippen molar-refractivity contribution in [3.63, 3.8) is 0 Å². The molecule has 0 saturated carbocycles. The Morgan fingerprint density at radius 3 is 2.90 bits per heavy atom. The first-order valence-corrected chi connectivity index (χ1v) is 7.94. The lowest BCUT2D eigenvalue weighted by molar-refractivity contribution is -0.140. The first-order chi connectivity index (χ1) is 10.3. The Balaban J connectivity index is 1.75. The molecule has 5 nitrogen and oxygen atoms in total. The van der Waals surface area contributed by atoms with Gasteiger partial charge in [-0.2, -0.15) is 0 Å². The van der Waals surface area contributed by atoms with E-state index >= 15 is 0 Å². The number of unbranched alkanes of at least 4 members (excludes halogenated alkanes) is 2. The average Bonchev–Trinajstić information content (AvgIpc) is 2.76. The predicted molar refractivity (Wildman–Crippen MR) is 82.3 cm³/mol. The van der Waals surface area contributed by atoms with Gasteiger partial charge < -0.3 is 10.1 Å². The number of carbonyl (C=O) groups excluding carboxylic acids is 1. The molecule has 116 valence electrons. The second kappa shape index (κ2) is 8.60. The number of anilines is 1. The lowest BCUT2D eigenvalue weighted by Gasteiger charge is -2.12. The summed E-state index contributed by atoms with van der Waals surface area (Å²) in [6.07, 6.45) is 11.0. The van der Waals surface area contributed by atoms with Gasteiger partial charge >= 0.3 is 5.97 Å². The SMILES string of the molecule is COC(=O)CCCCCNc1ncnc2c1CCCCC2. The molecule has 0 amide bonds. The van der Waals surface area contributed by atoms with E-state index in [-0.39, 0.29) is 5.97 Å². The predicted octanol–water partition coefficient (Wildman–Crippen LogP) is 2.89. The molecular weight excluding hydrogens is 266 g/mol. The number of fused-ring (bicyclic) bond motifs is 1. The molecule has 2 rings (SSSR count). The highest BCUT2D eigenvalue weighted by Crippen LogP contribution is 2.23. The van der Waals surface area contributed by atoms with Crippen LogP contribution in [0.15, 0.2) is 6.33 Å². The summed E-state index contributed by atoms with van der Waals surface area (Å²) in [4.78, 5) is 19.8.